The van der Waals surface area contributed by atoms with Gasteiger partial charge in [0, 0.05) is 16.1 Å². The van der Waals surface area contributed by atoms with Crippen molar-refractivity contribution in [3.63, 3.8) is 0 Å². The van der Waals surface area contributed by atoms with Crippen molar-refractivity contribution >= 4 is 23.2 Å². The number of carbonyl (C=O) groups excluding carboxylic acids is 2. The quantitative estimate of drug-likeness (QED) is 0.632. The third kappa shape index (κ3) is 1.29. The third-order valence-electron chi connectivity index (χ3n) is 1.90. The van der Waals surface area contributed by atoms with Crippen LogP contribution in [-0.4, -0.2) is 11.6 Å². The van der Waals surface area contributed by atoms with Gasteiger partial charge in [-0.1, -0.05) is 11.6 Å². The predicted octanol–water partition coefficient (Wildman–Crippen LogP) is 2.28. The summed E-state index contributed by atoms with van der Waals surface area (Å²) in [6, 6.07) is 4.69. The number of fused-ring (bicyclic) bond motifs is 1. The van der Waals surface area contributed by atoms with Gasteiger partial charge in [-0.3, -0.25) is 9.59 Å². The smallest absolute Gasteiger partial charge is 0.186 e. The first-order chi connectivity index (χ1) is 6.18. The molecule has 2 rings (SSSR count). The lowest BCUT2D eigenvalue weighted by atomic mass is 9.95. The van der Waals surface area contributed by atoms with Crippen LogP contribution in [0.4, 0.5) is 0 Å². The Morgan fingerprint density at radius 3 is 2.23 bits per heavy atom. The Balaban J connectivity index is 2.69. The Hall–Kier alpha value is -1.41. The van der Waals surface area contributed by atoms with Gasteiger partial charge < -0.3 is 0 Å². The van der Waals surface area contributed by atoms with Gasteiger partial charge in [-0.2, -0.15) is 0 Å². The van der Waals surface area contributed by atoms with Crippen LogP contribution in [0.1, 0.15) is 20.7 Å². The Labute approximate surface area is 79.8 Å². The van der Waals surface area contributed by atoms with E-state index in [0.717, 1.165) is 0 Å². The van der Waals surface area contributed by atoms with E-state index in [1.807, 2.05) is 0 Å². The number of hydrogen-bond donors (Lipinski definition) is 0. The van der Waals surface area contributed by atoms with Gasteiger partial charge in [-0.15, -0.1) is 0 Å². The third-order valence-corrected chi connectivity index (χ3v) is 2.13. The number of benzene rings is 1. The summed E-state index contributed by atoms with van der Waals surface area (Å²) in [5.74, 6) is -0.316. The Bertz CT molecular complexity index is 433. The molecule has 1 aromatic carbocycles. The maximum absolute atomic E-state index is 11.3. The lowest BCUT2D eigenvalue weighted by Crippen LogP contribution is -2.10. The van der Waals surface area contributed by atoms with E-state index >= 15 is 0 Å². The van der Waals surface area contributed by atoms with Crippen LogP contribution in [0, 0.1) is 0 Å². The van der Waals surface area contributed by atoms with E-state index in [0.29, 0.717) is 16.1 Å². The highest BCUT2D eigenvalue weighted by Gasteiger charge is 2.18. The molecule has 0 atom stereocenters. The zero-order chi connectivity index (χ0) is 9.42. The predicted molar refractivity (Wildman–Crippen MR) is 49.3 cm³/mol. The molecule has 0 bridgehead atoms. The largest absolute Gasteiger partial charge is 0.289 e. The van der Waals surface area contributed by atoms with E-state index in [1.165, 1.54) is 18.2 Å². The fraction of sp³-hybridized carbons (Fsp3) is 0. The SMILES string of the molecule is O=C1C=CC(=O)c2cc(Cl)ccc21. The molecule has 0 heterocycles. The molecule has 1 aliphatic rings. The molecule has 0 aromatic heterocycles. The van der Waals surface area contributed by atoms with E-state index in [1.54, 1.807) is 12.1 Å². The van der Waals surface area contributed by atoms with Crippen LogP contribution in [0.25, 0.3) is 0 Å². The van der Waals surface area contributed by atoms with Crippen molar-refractivity contribution in [3.05, 3.63) is 46.5 Å². The van der Waals surface area contributed by atoms with Crippen LogP contribution in [0.2, 0.25) is 5.02 Å². The summed E-state index contributed by atoms with van der Waals surface area (Å²) in [4.78, 5) is 22.5. The van der Waals surface area contributed by atoms with E-state index < -0.39 is 0 Å². The van der Waals surface area contributed by atoms with Gasteiger partial charge in [-0.25, -0.2) is 0 Å². The molecule has 0 saturated carbocycles. The van der Waals surface area contributed by atoms with Gasteiger partial charge in [0.05, 0.1) is 0 Å². The molecule has 0 radical (unpaired) electrons. The van der Waals surface area contributed by atoms with Crippen molar-refractivity contribution in [2.75, 3.05) is 0 Å². The standard InChI is InChI=1S/C10H5ClO2/c11-6-1-2-7-8(5-6)10(13)4-3-9(7)12/h1-5H. The molecule has 0 unspecified atom stereocenters. The average Bonchev–Trinajstić information content (AvgIpc) is 2.12. The Morgan fingerprint density at radius 1 is 0.923 bits per heavy atom. The highest BCUT2D eigenvalue weighted by Crippen LogP contribution is 2.20. The first-order valence-corrected chi connectivity index (χ1v) is 4.12. The lowest BCUT2D eigenvalue weighted by molar-refractivity contribution is 0.0994. The topological polar surface area (TPSA) is 34.1 Å². The zero-order valence-electron chi connectivity index (χ0n) is 6.58. The number of halogens is 1. The molecule has 1 aliphatic carbocycles. The van der Waals surface area contributed by atoms with Gasteiger partial charge >= 0.3 is 0 Å². The van der Waals surface area contributed by atoms with Crippen LogP contribution >= 0.6 is 11.6 Å². The molecule has 3 heteroatoms. The molecule has 64 valence electrons. The summed E-state index contributed by atoms with van der Waals surface area (Å²) in [7, 11) is 0. The number of allylic oxidation sites excluding steroid dienone is 2. The lowest BCUT2D eigenvalue weighted by Gasteiger charge is -2.07. The fourth-order valence-electron chi connectivity index (χ4n) is 1.27. The molecule has 1 aromatic rings. The minimum atomic E-state index is -0.169. The Morgan fingerprint density at radius 2 is 1.54 bits per heavy atom. The van der Waals surface area contributed by atoms with Crippen LogP contribution in [0.3, 0.4) is 0 Å². The minimum Gasteiger partial charge on any atom is -0.289 e. The number of rotatable bonds is 0. The molecule has 0 spiro atoms. The van der Waals surface area contributed by atoms with Gasteiger partial charge in [0.2, 0.25) is 0 Å². The normalized spacial score (nSPS) is 14.5. The second-order valence-corrected chi connectivity index (χ2v) is 3.19. The molecule has 0 aliphatic heterocycles. The second kappa shape index (κ2) is 2.82. The van der Waals surface area contributed by atoms with Gasteiger partial charge in [0.15, 0.2) is 11.6 Å². The number of ketones is 2. The molecule has 2 nitrogen and oxygen atoms in total. The zero-order valence-corrected chi connectivity index (χ0v) is 7.34. The molecular formula is C10H5ClO2. The van der Waals surface area contributed by atoms with Gasteiger partial charge in [0.1, 0.15) is 0 Å². The fourth-order valence-corrected chi connectivity index (χ4v) is 1.44. The van der Waals surface area contributed by atoms with Crippen LogP contribution < -0.4 is 0 Å². The summed E-state index contributed by atoms with van der Waals surface area (Å²) >= 11 is 5.70. The first kappa shape index (κ1) is 8.20. The highest BCUT2D eigenvalue weighted by atomic mass is 35.5. The summed E-state index contributed by atoms with van der Waals surface area (Å²) in [5, 5.41) is 0.468. The van der Waals surface area contributed by atoms with Crippen molar-refractivity contribution in [2.24, 2.45) is 0 Å². The molecule has 0 amide bonds. The molecule has 13 heavy (non-hydrogen) atoms. The average molecular weight is 193 g/mol. The summed E-state index contributed by atoms with van der Waals surface area (Å²) in [5.41, 5.74) is 0.817. The summed E-state index contributed by atoms with van der Waals surface area (Å²) in [6.45, 7) is 0. The van der Waals surface area contributed by atoms with E-state index in [-0.39, 0.29) is 11.6 Å². The second-order valence-electron chi connectivity index (χ2n) is 2.75. The maximum atomic E-state index is 11.3. The van der Waals surface area contributed by atoms with Gasteiger partial charge in [0.25, 0.3) is 0 Å². The summed E-state index contributed by atoms with van der Waals surface area (Å²) in [6.07, 6.45) is 2.54. The van der Waals surface area contributed by atoms with Crippen molar-refractivity contribution in [1.29, 1.82) is 0 Å². The maximum Gasteiger partial charge on any atom is 0.186 e. The van der Waals surface area contributed by atoms with Gasteiger partial charge in [-0.05, 0) is 30.4 Å². The minimum absolute atomic E-state index is 0.147. The molecule has 0 saturated heterocycles. The van der Waals surface area contributed by atoms with Crippen LogP contribution in [0.15, 0.2) is 30.4 Å². The van der Waals surface area contributed by atoms with E-state index in [9.17, 15) is 9.59 Å². The number of hydrogen-bond acceptors (Lipinski definition) is 2. The summed E-state index contributed by atoms with van der Waals surface area (Å²) < 4.78 is 0. The first-order valence-electron chi connectivity index (χ1n) is 3.75. The van der Waals surface area contributed by atoms with E-state index in [2.05, 4.69) is 0 Å². The van der Waals surface area contributed by atoms with Crippen molar-refractivity contribution in [2.45, 2.75) is 0 Å². The highest BCUT2D eigenvalue weighted by molar-refractivity contribution is 6.32. The van der Waals surface area contributed by atoms with Crippen LogP contribution in [-0.2, 0) is 0 Å². The monoisotopic (exact) mass is 192 g/mol. The molecule has 0 fully saturated rings. The molecular weight excluding hydrogens is 188 g/mol. The number of carbonyl (C=O) groups is 2. The Kier molecular flexibility index (Phi) is 1.78. The van der Waals surface area contributed by atoms with Crippen LogP contribution in [0.5, 0.6) is 0 Å². The molecule has 0 N–H and O–H groups in total. The van der Waals surface area contributed by atoms with Crippen molar-refractivity contribution < 1.29 is 9.59 Å². The van der Waals surface area contributed by atoms with Crippen molar-refractivity contribution in [3.8, 4) is 0 Å². The van der Waals surface area contributed by atoms with E-state index in [4.69, 9.17) is 11.6 Å². The van der Waals surface area contributed by atoms with Crippen molar-refractivity contribution in [1.82, 2.24) is 0 Å².